The molecule has 19 heavy (non-hydrogen) atoms. The summed E-state index contributed by atoms with van der Waals surface area (Å²) < 4.78 is 26.9. The van der Waals surface area contributed by atoms with Crippen molar-refractivity contribution < 1.29 is 8.42 Å². The molecule has 2 heterocycles. The molecule has 1 atom stereocenters. The van der Waals surface area contributed by atoms with Gasteiger partial charge in [-0.25, -0.2) is 18.1 Å². The summed E-state index contributed by atoms with van der Waals surface area (Å²) in [6.45, 7) is 1.77. The highest BCUT2D eigenvalue weighted by Crippen LogP contribution is 2.24. The molecule has 0 aliphatic carbocycles. The minimum atomic E-state index is -3.67. The average molecular weight is 337 g/mol. The largest absolute Gasteiger partial charge is 0.242 e. The van der Waals surface area contributed by atoms with Crippen LogP contribution in [-0.2, 0) is 10.0 Å². The van der Waals surface area contributed by atoms with Crippen LogP contribution in [0, 0.1) is 0 Å². The van der Waals surface area contributed by atoms with Crippen LogP contribution < -0.4 is 4.72 Å². The number of halogens is 2. The summed E-state index contributed by atoms with van der Waals surface area (Å²) in [4.78, 5) is 4.65. The van der Waals surface area contributed by atoms with E-state index in [1.54, 1.807) is 6.92 Å². The first-order chi connectivity index (χ1) is 8.90. The van der Waals surface area contributed by atoms with Crippen LogP contribution in [-0.4, -0.2) is 13.4 Å². The zero-order valence-corrected chi connectivity index (χ0v) is 12.9. The molecule has 0 aliphatic rings. The van der Waals surface area contributed by atoms with Gasteiger partial charge in [-0.1, -0.05) is 29.3 Å². The number of thiophene rings is 1. The van der Waals surface area contributed by atoms with Crippen LogP contribution in [0.4, 0.5) is 0 Å². The molecule has 0 saturated carbocycles. The van der Waals surface area contributed by atoms with Gasteiger partial charge in [0, 0.05) is 11.1 Å². The van der Waals surface area contributed by atoms with Gasteiger partial charge in [0.05, 0.1) is 11.1 Å². The van der Waals surface area contributed by atoms with Crippen LogP contribution in [0.2, 0.25) is 10.2 Å². The van der Waals surface area contributed by atoms with Crippen molar-refractivity contribution in [3.8, 4) is 0 Å². The van der Waals surface area contributed by atoms with Gasteiger partial charge in [-0.2, -0.15) is 0 Å². The molecule has 4 nitrogen and oxygen atoms in total. The number of nitrogens with zero attached hydrogens (tertiary/aromatic N) is 1. The van der Waals surface area contributed by atoms with Crippen LogP contribution >= 0.6 is 34.5 Å². The van der Waals surface area contributed by atoms with E-state index in [0.29, 0.717) is 0 Å². The van der Waals surface area contributed by atoms with Crippen LogP contribution in [0.5, 0.6) is 0 Å². The molecule has 0 bridgehead atoms. The molecule has 0 fully saturated rings. The van der Waals surface area contributed by atoms with E-state index in [-0.39, 0.29) is 21.1 Å². The van der Waals surface area contributed by atoms with Crippen molar-refractivity contribution in [1.29, 1.82) is 0 Å². The standard InChI is InChI=1S/C11H10Cl2N2O2S2/c1-7(10-3-2-4-18-10)15-19(16,17)8-5-9(12)11(13)14-6-8/h2-7,15H,1H3. The summed E-state index contributed by atoms with van der Waals surface area (Å²) in [6, 6.07) is 4.69. The predicted molar refractivity (Wildman–Crippen MR) is 77.3 cm³/mol. The van der Waals surface area contributed by atoms with Gasteiger partial charge in [0.1, 0.15) is 10.0 Å². The van der Waals surface area contributed by atoms with Crippen molar-refractivity contribution in [2.24, 2.45) is 0 Å². The van der Waals surface area contributed by atoms with Gasteiger partial charge in [0.15, 0.2) is 0 Å². The Labute approximate surface area is 125 Å². The molecular formula is C11H10Cl2N2O2S2. The molecule has 0 saturated heterocycles. The molecule has 8 heteroatoms. The lowest BCUT2D eigenvalue weighted by molar-refractivity contribution is 0.568. The molecule has 0 radical (unpaired) electrons. The first kappa shape index (κ1) is 14.7. The van der Waals surface area contributed by atoms with Crippen LogP contribution in [0.15, 0.2) is 34.7 Å². The third kappa shape index (κ3) is 3.46. The Kier molecular flexibility index (Phi) is 4.47. The Morgan fingerprint density at radius 2 is 2.16 bits per heavy atom. The van der Waals surface area contributed by atoms with E-state index in [9.17, 15) is 8.42 Å². The molecule has 1 N–H and O–H groups in total. The molecule has 2 rings (SSSR count). The minimum absolute atomic E-state index is 0.00898. The first-order valence-electron chi connectivity index (χ1n) is 5.27. The molecule has 2 aromatic heterocycles. The number of nitrogens with one attached hydrogen (secondary N) is 1. The van der Waals surface area contributed by atoms with Gasteiger partial charge < -0.3 is 0 Å². The quantitative estimate of drug-likeness (QED) is 0.869. The van der Waals surface area contributed by atoms with Gasteiger partial charge in [-0.15, -0.1) is 11.3 Å². The second kappa shape index (κ2) is 5.76. The van der Waals surface area contributed by atoms with E-state index in [0.717, 1.165) is 4.88 Å². The molecule has 102 valence electrons. The number of pyridine rings is 1. The van der Waals surface area contributed by atoms with Gasteiger partial charge in [-0.3, -0.25) is 0 Å². The van der Waals surface area contributed by atoms with Crippen LogP contribution in [0.3, 0.4) is 0 Å². The lowest BCUT2D eigenvalue weighted by atomic mass is 10.3. The van der Waals surface area contributed by atoms with Crippen molar-refractivity contribution in [2.45, 2.75) is 17.9 Å². The van der Waals surface area contributed by atoms with Gasteiger partial charge in [-0.05, 0) is 24.4 Å². The topological polar surface area (TPSA) is 59.1 Å². The Balaban J connectivity index is 2.25. The van der Waals surface area contributed by atoms with Crippen molar-refractivity contribution >= 4 is 44.6 Å². The molecule has 0 amide bonds. The fourth-order valence-corrected chi connectivity index (χ4v) is 3.78. The molecule has 2 aromatic rings. The molecule has 0 spiro atoms. The second-order valence-corrected chi connectivity index (χ2v) is 7.26. The SMILES string of the molecule is CC(NS(=O)(=O)c1cnc(Cl)c(Cl)c1)c1cccs1. The van der Waals surface area contributed by atoms with Gasteiger partial charge in [0.25, 0.3) is 0 Å². The molecular weight excluding hydrogens is 327 g/mol. The van der Waals surface area contributed by atoms with Crippen LogP contribution in [0.25, 0.3) is 0 Å². The zero-order chi connectivity index (χ0) is 14.0. The van der Waals surface area contributed by atoms with E-state index in [2.05, 4.69) is 9.71 Å². The van der Waals surface area contributed by atoms with E-state index in [4.69, 9.17) is 23.2 Å². The van der Waals surface area contributed by atoms with Crippen LogP contribution in [0.1, 0.15) is 17.8 Å². The highest BCUT2D eigenvalue weighted by Gasteiger charge is 2.20. The van der Waals surface area contributed by atoms with Crippen molar-refractivity contribution in [1.82, 2.24) is 9.71 Å². The van der Waals surface area contributed by atoms with E-state index in [1.807, 2.05) is 17.5 Å². The fraction of sp³-hybridized carbons (Fsp3) is 0.182. The van der Waals surface area contributed by atoms with Gasteiger partial charge >= 0.3 is 0 Å². The Morgan fingerprint density at radius 1 is 1.42 bits per heavy atom. The third-order valence-electron chi connectivity index (χ3n) is 2.38. The smallest absolute Gasteiger partial charge is 0.242 e. The molecule has 1 unspecified atom stereocenters. The van der Waals surface area contributed by atoms with Crippen molar-refractivity contribution in [2.75, 3.05) is 0 Å². The van der Waals surface area contributed by atoms with E-state index in [1.165, 1.54) is 23.6 Å². The minimum Gasteiger partial charge on any atom is -0.242 e. The number of rotatable bonds is 4. The molecule has 0 aromatic carbocycles. The lowest BCUT2D eigenvalue weighted by Crippen LogP contribution is -2.26. The lowest BCUT2D eigenvalue weighted by Gasteiger charge is -2.12. The summed E-state index contributed by atoms with van der Waals surface area (Å²) in [7, 11) is -3.67. The Hall–Kier alpha value is -0.660. The number of hydrogen-bond acceptors (Lipinski definition) is 4. The number of aromatic nitrogens is 1. The maximum Gasteiger partial charge on any atom is 0.242 e. The monoisotopic (exact) mass is 336 g/mol. The average Bonchev–Trinajstić information content (AvgIpc) is 2.85. The fourth-order valence-electron chi connectivity index (χ4n) is 1.45. The zero-order valence-electron chi connectivity index (χ0n) is 9.80. The maximum atomic E-state index is 12.2. The Morgan fingerprint density at radius 3 is 2.74 bits per heavy atom. The highest BCUT2D eigenvalue weighted by molar-refractivity contribution is 7.89. The van der Waals surface area contributed by atoms with E-state index >= 15 is 0 Å². The summed E-state index contributed by atoms with van der Waals surface area (Å²) in [6.07, 6.45) is 1.18. The second-order valence-electron chi connectivity index (χ2n) is 3.80. The van der Waals surface area contributed by atoms with E-state index < -0.39 is 10.0 Å². The van der Waals surface area contributed by atoms with Gasteiger partial charge in [0.2, 0.25) is 10.0 Å². The maximum absolute atomic E-state index is 12.2. The normalized spacial score (nSPS) is 13.4. The first-order valence-corrected chi connectivity index (χ1v) is 8.39. The summed E-state index contributed by atoms with van der Waals surface area (Å²) in [5, 5.41) is 2.07. The number of hydrogen-bond donors (Lipinski definition) is 1. The predicted octanol–water partition coefficient (Wildman–Crippen LogP) is 3.49. The summed E-state index contributed by atoms with van der Waals surface area (Å²) in [5.74, 6) is 0. The molecule has 0 aliphatic heterocycles. The van der Waals surface area contributed by atoms with Crippen molar-refractivity contribution in [3.05, 3.63) is 44.8 Å². The summed E-state index contributed by atoms with van der Waals surface area (Å²) >= 11 is 12.9. The highest BCUT2D eigenvalue weighted by atomic mass is 35.5. The summed E-state index contributed by atoms with van der Waals surface area (Å²) in [5.41, 5.74) is 0. The third-order valence-corrected chi connectivity index (χ3v) is 5.63. The van der Waals surface area contributed by atoms with Crippen molar-refractivity contribution in [3.63, 3.8) is 0 Å². The Bertz CT molecular complexity index is 672. The number of sulfonamides is 1.